The fourth-order valence-electron chi connectivity index (χ4n) is 3.42. The third kappa shape index (κ3) is 1.74. The highest BCUT2D eigenvalue weighted by Crippen LogP contribution is 2.49. The zero-order valence-corrected chi connectivity index (χ0v) is 10.6. The SMILES string of the molecule is CC1(C)CCCC1(C#N)N1CCCNCC1. The van der Waals surface area contributed by atoms with Crippen LogP contribution in [0.3, 0.4) is 0 Å². The molecular formula is C13H23N3. The van der Waals surface area contributed by atoms with E-state index in [0.717, 1.165) is 32.6 Å². The van der Waals surface area contributed by atoms with Gasteiger partial charge in [0.2, 0.25) is 0 Å². The van der Waals surface area contributed by atoms with Crippen molar-refractivity contribution in [3.63, 3.8) is 0 Å². The number of nitrogens with zero attached hydrogens (tertiary/aromatic N) is 2. The van der Waals surface area contributed by atoms with E-state index >= 15 is 0 Å². The van der Waals surface area contributed by atoms with Crippen LogP contribution < -0.4 is 5.32 Å². The van der Waals surface area contributed by atoms with Crippen molar-refractivity contribution >= 4 is 0 Å². The van der Waals surface area contributed by atoms with Gasteiger partial charge in [0.1, 0.15) is 5.54 Å². The highest BCUT2D eigenvalue weighted by Gasteiger charge is 2.52. The van der Waals surface area contributed by atoms with Gasteiger partial charge in [-0.05, 0) is 37.6 Å². The van der Waals surface area contributed by atoms with E-state index in [1.165, 1.54) is 19.3 Å². The van der Waals surface area contributed by atoms with Crippen LogP contribution in [-0.4, -0.2) is 36.6 Å². The molecule has 0 aromatic heterocycles. The Morgan fingerprint density at radius 3 is 2.56 bits per heavy atom. The minimum absolute atomic E-state index is 0.145. The monoisotopic (exact) mass is 221 g/mol. The second-order valence-corrected chi connectivity index (χ2v) is 5.80. The predicted octanol–water partition coefficient (Wildman–Crippen LogP) is 1.75. The lowest BCUT2D eigenvalue weighted by Gasteiger charge is -2.44. The molecule has 1 unspecified atom stereocenters. The zero-order valence-electron chi connectivity index (χ0n) is 10.6. The Balaban J connectivity index is 2.23. The topological polar surface area (TPSA) is 39.1 Å². The van der Waals surface area contributed by atoms with Gasteiger partial charge in [-0.1, -0.05) is 13.8 Å². The van der Waals surface area contributed by atoms with Gasteiger partial charge >= 0.3 is 0 Å². The molecule has 3 heteroatoms. The highest BCUT2D eigenvalue weighted by atomic mass is 15.2. The number of nitrogens with one attached hydrogen (secondary N) is 1. The Hall–Kier alpha value is -0.590. The predicted molar refractivity (Wildman–Crippen MR) is 65.0 cm³/mol. The van der Waals surface area contributed by atoms with Gasteiger partial charge in [-0.2, -0.15) is 5.26 Å². The highest BCUT2D eigenvalue weighted by molar-refractivity contribution is 5.19. The van der Waals surface area contributed by atoms with Gasteiger partial charge < -0.3 is 5.32 Å². The van der Waals surface area contributed by atoms with Crippen molar-refractivity contribution < 1.29 is 0 Å². The molecular weight excluding hydrogens is 198 g/mol. The van der Waals surface area contributed by atoms with Crippen LogP contribution in [0.2, 0.25) is 0 Å². The second-order valence-electron chi connectivity index (χ2n) is 5.80. The maximum Gasteiger partial charge on any atom is 0.114 e. The standard InChI is InChI=1S/C13H23N3/c1-12(2)5-3-6-13(12,11-14)16-9-4-7-15-8-10-16/h15H,3-10H2,1-2H3. The first-order valence-electron chi connectivity index (χ1n) is 6.49. The number of nitriles is 1. The number of hydrogen-bond acceptors (Lipinski definition) is 3. The normalized spacial score (nSPS) is 35.6. The van der Waals surface area contributed by atoms with E-state index in [1.54, 1.807) is 0 Å². The molecule has 16 heavy (non-hydrogen) atoms. The zero-order chi connectivity index (χ0) is 11.6. The molecule has 1 saturated heterocycles. The van der Waals surface area contributed by atoms with E-state index in [0.29, 0.717) is 0 Å². The molecule has 1 saturated carbocycles. The largest absolute Gasteiger partial charge is 0.315 e. The van der Waals surface area contributed by atoms with Crippen LogP contribution in [0.5, 0.6) is 0 Å². The first-order valence-corrected chi connectivity index (χ1v) is 6.49. The molecule has 2 rings (SSSR count). The Bertz CT molecular complexity index is 284. The molecule has 0 radical (unpaired) electrons. The van der Waals surface area contributed by atoms with Crippen molar-refractivity contribution in [1.82, 2.24) is 10.2 Å². The second kappa shape index (κ2) is 4.35. The summed E-state index contributed by atoms with van der Waals surface area (Å²) in [5, 5.41) is 13.1. The van der Waals surface area contributed by atoms with Crippen molar-refractivity contribution in [2.45, 2.75) is 45.1 Å². The van der Waals surface area contributed by atoms with Crippen LogP contribution in [-0.2, 0) is 0 Å². The van der Waals surface area contributed by atoms with E-state index < -0.39 is 0 Å². The van der Waals surface area contributed by atoms with Gasteiger partial charge in [0.25, 0.3) is 0 Å². The molecule has 0 bridgehead atoms. The Kier molecular flexibility index (Phi) is 3.23. The first-order chi connectivity index (χ1) is 7.62. The van der Waals surface area contributed by atoms with Crippen molar-refractivity contribution in [1.29, 1.82) is 5.26 Å². The third-order valence-corrected chi connectivity index (χ3v) is 4.52. The molecule has 1 aliphatic carbocycles. The van der Waals surface area contributed by atoms with Gasteiger partial charge in [0, 0.05) is 19.6 Å². The van der Waals surface area contributed by atoms with Gasteiger partial charge in [-0.25, -0.2) is 0 Å². The van der Waals surface area contributed by atoms with E-state index in [9.17, 15) is 5.26 Å². The molecule has 1 N–H and O–H groups in total. The number of rotatable bonds is 1. The van der Waals surface area contributed by atoms with E-state index in [4.69, 9.17) is 0 Å². The summed E-state index contributed by atoms with van der Waals surface area (Å²) in [6.07, 6.45) is 4.60. The Morgan fingerprint density at radius 2 is 1.94 bits per heavy atom. The summed E-state index contributed by atoms with van der Waals surface area (Å²) in [6, 6.07) is 2.66. The van der Waals surface area contributed by atoms with Crippen LogP contribution in [0.25, 0.3) is 0 Å². The average Bonchev–Trinajstić information content (AvgIpc) is 2.47. The fraction of sp³-hybridized carbons (Fsp3) is 0.923. The minimum Gasteiger partial charge on any atom is -0.315 e. The third-order valence-electron chi connectivity index (χ3n) is 4.52. The van der Waals surface area contributed by atoms with Gasteiger partial charge in [-0.15, -0.1) is 0 Å². The van der Waals surface area contributed by atoms with Gasteiger partial charge in [0.05, 0.1) is 6.07 Å². The summed E-state index contributed by atoms with van der Waals surface area (Å²) >= 11 is 0. The minimum atomic E-state index is -0.209. The molecule has 0 aromatic rings. The van der Waals surface area contributed by atoms with Crippen LogP contribution in [0.15, 0.2) is 0 Å². The molecule has 2 fully saturated rings. The van der Waals surface area contributed by atoms with Crippen molar-refractivity contribution in [3.8, 4) is 6.07 Å². The van der Waals surface area contributed by atoms with Crippen LogP contribution >= 0.6 is 0 Å². The average molecular weight is 221 g/mol. The Labute approximate surface area is 98.8 Å². The van der Waals surface area contributed by atoms with Crippen LogP contribution in [0.1, 0.15) is 39.5 Å². The van der Waals surface area contributed by atoms with Crippen molar-refractivity contribution in [3.05, 3.63) is 0 Å². The lowest BCUT2D eigenvalue weighted by Crippen LogP contribution is -2.55. The summed E-state index contributed by atoms with van der Waals surface area (Å²) in [5.74, 6) is 0. The number of hydrogen-bond donors (Lipinski definition) is 1. The molecule has 3 nitrogen and oxygen atoms in total. The lowest BCUT2D eigenvalue weighted by molar-refractivity contribution is 0.0586. The summed E-state index contributed by atoms with van der Waals surface area (Å²) < 4.78 is 0. The van der Waals surface area contributed by atoms with Crippen LogP contribution in [0.4, 0.5) is 0 Å². The molecule has 1 heterocycles. The fourth-order valence-corrected chi connectivity index (χ4v) is 3.42. The summed E-state index contributed by atoms with van der Waals surface area (Å²) in [5.41, 5.74) is -0.0644. The maximum atomic E-state index is 9.68. The van der Waals surface area contributed by atoms with E-state index in [-0.39, 0.29) is 11.0 Å². The van der Waals surface area contributed by atoms with E-state index in [1.807, 2.05) is 0 Å². The van der Waals surface area contributed by atoms with Crippen LogP contribution in [0, 0.1) is 16.7 Å². The molecule has 2 aliphatic rings. The molecule has 0 spiro atoms. The summed E-state index contributed by atoms with van der Waals surface area (Å²) in [7, 11) is 0. The van der Waals surface area contributed by atoms with Crippen molar-refractivity contribution in [2.24, 2.45) is 5.41 Å². The van der Waals surface area contributed by atoms with Gasteiger partial charge in [-0.3, -0.25) is 4.90 Å². The Morgan fingerprint density at radius 1 is 1.12 bits per heavy atom. The molecule has 0 aromatic carbocycles. The first kappa shape index (κ1) is 11.9. The quantitative estimate of drug-likeness (QED) is 0.733. The lowest BCUT2D eigenvalue weighted by atomic mass is 9.74. The molecule has 1 atom stereocenters. The summed E-state index contributed by atoms with van der Waals surface area (Å²) in [4.78, 5) is 2.44. The summed E-state index contributed by atoms with van der Waals surface area (Å²) in [6.45, 7) is 8.75. The smallest absolute Gasteiger partial charge is 0.114 e. The molecule has 0 amide bonds. The molecule has 90 valence electrons. The maximum absolute atomic E-state index is 9.68. The van der Waals surface area contributed by atoms with E-state index in [2.05, 4.69) is 30.1 Å². The molecule has 1 aliphatic heterocycles. The van der Waals surface area contributed by atoms with Gasteiger partial charge in [0.15, 0.2) is 0 Å². The van der Waals surface area contributed by atoms with Crippen molar-refractivity contribution in [2.75, 3.05) is 26.2 Å².